The van der Waals surface area contributed by atoms with E-state index in [1.807, 2.05) is 0 Å². The van der Waals surface area contributed by atoms with Crippen molar-refractivity contribution in [3.8, 4) is 0 Å². The second kappa shape index (κ2) is 9.03. The first-order valence-corrected chi connectivity index (χ1v) is 9.65. The van der Waals surface area contributed by atoms with Crippen LogP contribution in [0.5, 0.6) is 0 Å². The van der Waals surface area contributed by atoms with E-state index in [4.69, 9.17) is 0 Å². The zero-order chi connectivity index (χ0) is 16.6. The van der Waals surface area contributed by atoms with Crippen LogP contribution < -0.4 is 5.32 Å². The first-order chi connectivity index (χ1) is 11.8. The summed E-state index contributed by atoms with van der Waals surface area (Å²) in [6.07, 6.45) is 9.53. The molecule has 1 saturated heterocycles. The number of benzene rings is 1. The van der Waals surface area contributed by atoms with Crippen LogP contribution >= 0.6 is 0 Å². The summed E-state index contributed by atoms with van der Waals surface area (Å²) in [6.45, 7) is 7.09. The van der Waals surface area contributed by atoms with Crippen molar-refractivity contribution >= 4 is 16.6 Å². The standard InChI is InChI=1S/C21H31N3/c1-18-17-21(19-11-5-6-12-20(19)23-18)22-13-7-2-3-8-14-24-15-9-4-10-16-24/h5-6,11-12,17H,2-4,7-10,13-16H2,1H3,(H,22,23). The number of unbranched alkanes of at least 4 members (excludes halogenated alkanes) is 3. The van der Waals surface area contributed by atoms with E-state index < -0.39 is 0 Å². The molecular formula is C21H31N3. The van der Waals surface area contributed by atoms with E-state index in [2.05, 4.69) is 52.5 Å². The molecule has 0 saturated carbocycles. The number of nitrogens with one attached hydrogen (secondary N) is 1. The first kappa shape index (κ1) is 17.2. The summed E-state index contributed by atoms with van der Waals surface area (Å²) in [5, 5.41) is 4.85. The molecule has 1 fully saturated rings. The Morgan fingerprint density at radius 1 is 1.00 bits per heavy atom. The Balaban J connectivity index is 1.36. The van der Waals surface area contributed by atoms with Gasteiger partial charge in [0.15, 0.2) is 0 Å². The molecule has 2 aromatic rings. The summed E-state index contributed by atoms with van der Waals surface area (Å²) >= 11 is 0. The molecule has 2 heterocycles. The third kappa shape index (κ3) is 4.94. The fraction of sp³-hybridized carbons (Fsp3) is 0.571. The summed E-state index contributed by atoms with van der Waals surface area (Å²) in [6, 6.07) is 10.6. The van der Waals surface area contributed by atoms with Gasteiger partial charge >= 0.3 is 0 Å². The minimum atomic E-state index is 1.05. The fourth-order valence-electron chi connectivity index (χ4n) is 3.67. The molecule has 3 nitrogen and oxygen atoms in total. The molecule has 1 aliphatic rings. The van der Waals surface area contributed by atoms with Crippen LogP contribution in [0.15, 0.2) is 30.3 Å². The van der Waals surface area contributed by atoms with E-state index >= 15 is 0 Å². The molecule has 1 aromatic carbocycles. The van der Waals surface area contributed by atoms with Gasteiger partial charge in [-0.3, -0.25) is 4.98 Å². The van der Waals surface area contributed by atoms with Gasteiger partial charge in [-0.2, -0.15) is 0 Å². The maximum Gasteiger partial charge on any atom is 0.0725 e. The van der Waals surface area contributed by atoms with Crippen LogP contribution in [0, 0.1) is 6.92 Å². The number of rotatable bonds is 8. The largest absolute Gasteiger partial charge is 0.384 e. The average Bonchev–Trinajstić information content (AvgIpc) is 2.61. The van der Waals surface area contributed by atoms with Gasteiger partial charge in [-0.1, -0.05) is 37.5 Å². The molecule has 1 aromatic heterocycles. The second-order valence-corrected chi connectivity index (χ2v) is 7.07. The number of piperidine rings is 1. The summed E-state index contributed by atoms with van der Waals surface area (Å²) in [4.78, 5) is 7.25. The predicted molar refractivity (Wildman–Crippen MR) is 104 cm³/mol. The number of hydrogen-bond donors (Lipinski definition) is 1. The third-order valence-corrected chi connectivity index (χ3v) is 5.01. The van der Waals surface area contributed by atoms with E-state index in [9.17, 15) is 0 Å². The van der Waals surface area contributed by atoms with Gasteiger partial charge in [-0.15, -0.1) is 0 Å². The zero-order valence-corrected chi connectivity index (χ0v) is 15.1. The van der Waals surface area contributed by atoms with Crippen molar-refractivity contribution in [1.82, 2.24) is 9.88 Å². The molecule has 3 heteroatoms. The SMILES string of the molecule is Cc1cc(NCCCCCCN2CCCCC2)c2ccccc2n1. The minimum absolute atomic E-state index is 1.05. The molecule has 0 atom stereocenters. The minimum Gasteiger partial charge on any atom is -0.384 e. The van der Waals surface area contributed by atoms with Crippen LogP contribution in [0.3, 0.4) is 0 Å². The molecule has 0 spiro atoms. The molecule has 0 bridgehead atoms. The van der Waals surface area contributed by atoms with E-state index in [-0.39, 0.29) is 0 Å². The van der Waals surface area contributed by atoms with Crippen molar-refractivity contribution in [2.24, 2.45) is 0 Å². The number of nitrogens with zero attached hydrogens (tertiary/aromatic N) is 2. The third-order valence-electron chi connectivity index (χ3n) is 5.01. The van der Waals surface area contributed by atoms with Gasteiger partial charge in [0.25, 0.3) is 0 Å². The van der Waals surface area contributed by atoms with Gasteiger partial charge in [-0.05, 0) is 64.4 Å². The van der Waals surface area contributed by atoms with Crippen LogP contribution in [0.4, 0.5) is 5.69 Å². The van der Waals surface area contributed by atoms with E-state index in [0.717, 1.165) is 17.8 Å². The molecule has 3 rings (SSSR count). The smallest absolute Gasteiger partial charge is 0.0725 e. The molecule has 0 amide bonds. The molecule has 1 aliphatic heterocycles. The summed E-state index contributed by atoms with van der Waals surface area (Å²) in [5.41, 5.74) is 3.39. The highest BCUT2D eigenvalue weighted by molar-refractivity contribution is 5.91. The number of hydrogen-bond acceptors (Lipinski definition) is 3. The molecule has 0 radical (unpaired) electrons. The van der Waals surface area contributed by atoms with E-state index in [0.29, 0.717) is 0 Å². The molecule has 0 aliphatic carbocycles. The van der Waals surface area contributed by atoms with Gasteiger partial charge in [0.05, 0.1) is 5.52 Å². The Labute approximate surface area is 146 Å². The first-order valence-electron chi connectivity index (χ1n) is 9.65. The summed E-state index contributed by atoms with van der Waals surface area (Å²) in [5.74, 6) is 0. The quantitative estimate of drug-likeness (QED) is 0.692. The zero-order valence-electron chi connectivity index (χ0n) is 15.1. The maximum atomic E-state index is 4.60. The number of aryl methyl sites for hydroxylation is 1. The van der Waals surface area contributed by atoms with Crippen molar-refractivity contribution in [2.75, 3.05) is 31.5 Å². The van der Waals surface area contributed by atoms with Crippen molar-refractivity contribution in [3.63, 3.8) is 0 Å². The fourth-order valence-corrected chi connectivity index (χ4v) is 3.67. The lowest BCUT2D eigenvalue weighted by Crippen LogP contribution is -2.30. The molecule has 24 heavy (non-hydrogen) atoms. The highest BCUT2D eigenvalue weighted by Gasteiger charge is 2.08. The van der Waals surface area contributed by atoms with Gasteiger partial charge < -0.3 is 10.2 Å². The summed E-state index contributed by atoms with van der Waals surface area (Å²) < 4.78 is 0. The Morgan fingerprint density at radius 2 is 1.79 bits per heavy atom. The van der Waals surface area contributed by atoms with Crippen molar-refractivity contribution in [2.45, 2.75) is 51.9 Å². The number of anilines is 1. The monoisotopic (exact) mass is 325 g/mol. The predicted octanol–water partition coefficient (Wildman–Crippen LogP) is 5.00. The highest BCUT2D eigenvalue weighted by atomic mass is 15.1. The Morgan fingerprint density at radius 3 is 2.67 bits per heavy atom. The van der Waals surface area contributed by atoms with Crippen LogP contribution in [-0.4, -0.2) is 36.1 Å². The Kier molecular flexibility index (Phi) is 6.48. The van der Waals surface area contributed by atoms with Crippen LogP contribution in [0.2, 0.25) is 0 Å². The van der Waals surface area contributed by atoms with Gasteiger partial charge in [0.1, 0.15) is 0 Å². The summed E-state index contributed by atoms with van der Waals surface area (Å²) in [7, 11) is 0. The van der Waals surface area contributed by atoms with Crippen molar-refractivity contribution in [1.29, 1.82) is 0 Å². The van der Waals surface area contributed by atoms with E-state index in [1.54, 1.807) is 0 Å². The number of fused-ring (bicyclic) bond motifs is 1. The topological polar surface area (TPSA) is 28.2 Å². The molecular weight excluding hydrogens is 294 g/mol. The lowest BCUT2D eigenvalue weighted by atomic mass is 10.1. The maximum absolute atomic E-state index is 4.60. The number of pyridine rings is 1. The molecule has 130 valence electrons. The number of para-hydroxylation sites is 1. The van der Waals surface area contributed by atoms with Gasteiger partial charge in [-0.25, -0.2) is 0 Å². The van der Waals surface area contributed by atoms with Crippen LogP contribution in [-0.2, 0) is 0 Å². The Bertz CT molecular complexity index is 632. The molecule has 1 N–H and O–H groups in total. The van der Waals surface area contributed by atoms with Crippen LogP contribution in [0.1, 0.15) is 50.6 Å². The number of aromatic nitrogens is 1. The van der Waals surface area contributed by atoms with Crippen molar-refractivity contribution < 1.29 is 0 Å². The van der Waals surface area contributed by atoms with Crippen molar-refractivity contribution in [3.05, 3.63) is 36.0 Å². The Hall–Kier alpha value is -1.61. The number of likely N-dealkylation sites (tertiary alicyclic amines) is 1. The van der Waals surface area contributed by atoms with E-state index in [1.165, 1.54) is 75.7 Å². The average molecular weight is 325 g/mol. The van der Waals surface area contributed by atoms with Gasteiger partial charge in [0.2, 0.25) is 0 Å². The second-order valence-electron chi connectivity index (χ2n) is 7.07. The molecule has 0 unspecified atom stereocenters. The lowest BCUT2D eigenvalue weighted by Gasteiger charge is -2.26. The van der Waals surface area contributed by atoms with Gasteiger partial charge in [0, 0.05) is 23.3 Å². The normalized spacial score (nSPS) is 15.7. The van der Waals surface area contributed by atoms with Crippen LogP contribution in [0.25, 0.3) is 10.9 Å². The lowest BCUT2D eigenvalue weighted by molar-refractivity contribution is 0.224. The highest BCUT2D eigenvalue weighted by Crippen LogP contribution is 2.22.